The van der Waals surface area contributed by atoms with Gasteiger partial charge in [-0.15, -0.1) is 12.4 Å². The van der Waals surface area contributed by atoms with Gasteiger partial charge in [0.1, 0.15) is 0 Å². The van der Waals surface area contributed by atoms with Gasteiger partial charge in [-0.25, -0.2) is 0 Å². The third-order valence-electron chi connectivity index (χ3n) is 4.47. The van der Waals surface area contributed by atoms with E-state index in [1.807, 2.05) is 29.1 Å². The molecule has 2 aromatic rings. The zero-order chi connectivity index (χ0) is 16.8. The Balaban J connectivity index is 0.00000225. The number of ether oxygens (including phenoxy) is 1. The molecule has 3 rings (SSSR count). The van der Waals surface area contributed by atoms with E-state index in [0.717, 1.165) is 24.9 Å². The summed E-state index contributed by atoms with van der Waals surface area (Å²) < 4.78 is 7.19. The highest BCUT2D eigenvalue weighted by molar-refractivity contribution is 5.85. The zero-order valence-corrected chi connectivity index (χ0v) is 15.0. The maximum atomic E-state index is 12.2. The first kappa shape index (κ1) is 19.4. The Morgan fingerprint density at radius 3 is 2.60 bits per heavy atom. The lowest BCUT2D eigenvalue weighted by Gasteiger charge is -2.26. The molecule has 6 nitrogen and oxygen atoms in total. The Bertz CT molecular complexity index is 640. The standard InChI is InChI=1S/C18H24N4O2.ClH/c19-17(16-6-10-24-11-7-16)18(23)20-12-14-2-4-15(5-3-14)13-22-9-1-8-21-22;/h1-5,8-9,16-17H,6-7,10-13,19H2,(H,20,23);1H. The number of benzene rings is 1. The molecule has 2 heterocycles. The van der Waals surface area contributed by atoms with Gasteiger partial charge in [0.05, 0.1) is 12.6 Å². The van der Waals surface area contributed by atoms with Gasteiger partial charge in [-0.05, 0) is 36.0 Å². The lowest BCUT2D eigenvalue weighted by atomic mass is 9.92. The average Bonchev–Trinajstić information content (AvgIpc) is 3.14. The summed E-state index contributed by atoms with van der Waals surface area (Å²) in [7, 11) is 0. The Kier molecular flexibility index (Phi) is 7.43. The molecular weight excluding hydrogens is 340 g/mol. The number of nitrogens with zero attached hydrogens (tertiary/aromatic N) is 2. The molecule has 0 saturated carbocycles. The van der Waals surface area contributed by atoms with Gasteiger partial charge < -0.3 is 15.8 Å². The van der Waals surface area contributed by atoms with Gasteiger partial charge in [-0.2, -0.15) is 5.10 Å². The lowest BCUT2D eigenvalue weighted by Crippen LogP contribution is -2.46. The first-order chi connectivity index (χ1) is 11.7. The number of nitrogens with one attached hydrogen (secondary N) is 1. The van der Waals surface area contributed by atoms with Crippen molar-refractivity contribution in [3.05, 3.63) is 53.9 Å². The Morgan fingerprint density at radius 2 is 1.96 bits per heavy atom. The third-order valence-corrected chi connectivity index (χ3v) is 4.47. The van der Waals surface area contributed by atoms with E-state index in [2.05, 4.69) is 22.5 Å². The van der Waals surface area contributed by atoms with Crippen LogP contribution in [0.4, 0.5) is 0 Å². The molecule has 3 N–H and O–H groups in total. The van der Waals surface area contributed by atoms with Crippen molar-refractivity contribution in [2.45, 2.75) is 32.0 Å². The molecule has 1 aromatic carbocycles. The fourth-order valence-corrected chi connectivity index (χ4v) is 2.94. The maximum absolute atomic E-state index is 12.2. The first-order valence-electron chi connectivity index (χ1n) is 8.38. The van der Waals surface area contributed by atoms with Crippen LogP contribution in [0.3, 0.4) is 0 Å². The van der Waals surface area contributed by atoms with Crippen molar-refractivity contribution in [3.63, 3.8) is 0 Å². The monoisotopic (exact) mass is 364 g/mol. The molecule has 0 aliphatic carbocycles. The van der Waals surface area contributed by atoms with Crippen LogP contribution >= 0.6 is 12.4 Å². The minimum atomic E-state index is -0.451. The fourth-order valence-electron chi connectivity index (χ4n) is 2.94. The quantitative estimate of drug-likeness (QED) is 0.817. The molecule has 1 aromatic heterocycles. The Morgan fingerprint density at radius 1 is 1.28 bits per heavy atom. The molecule has 1 fully saturated rings. The molecule has 7 heteroatoms. The second-order valence-electron chi connectivity index (χ2n) is 6.21. The number of nitrogens with two attached hydrogens (primary N) is 1. The molecule has 136 valence electrons. The van der Waals surface area contributed by atoms with E-state index in [1.165, 1.54) is 5.56 Å². The molecule has 1 unspecified atom stereocenters. The molecule has 1 aliphatic rings. The Hall–Kier alpha value is -1.89. The van der Waals surface area contributed by atoms with Gasteiger partial charge in [-0.3, -0.25) is 9.48 Å². The second-order valence-corrected chi connectivity index (χ2v) is 6.21. The predicted octanol–water partition coefficient (Wildman–Crippen LogP) is 1.72. The zero-order valence-electron chi connectivity index (χ0n) is 14.1. The summed E-state index contributed by atoms with van der Waals surface area (Å²) in [5.41, 5.74) is 8.31. The number of hydrogen-bond acceptors (Lipinski definition) is 4. The summed E-state index contributed by atoms with van der Waals surface area (Å²) in [6, 6.07) is 9.63. The number of hydrogen-bond donors (Lipinski definition) is 2. The predicted molar refractivity (Wildman–Crippen MR) is 98.4 cm³/mol. The number of aromatic nitrogens is 2. The molecule has 0 bridgehead atoms. The van der Waals surface area contributed by atoms with Gasteiger partial charge in [0, 0.05) is 32.2 Å². The molecule has 1 saturated heterocycles. The normalized spacial score (nSPS) is 16.0. The minimum Gasteiger partial charge on any atom is -0.381 e. The van der Waals surface area contributed by atoms with E-state index in [0.29, 0.717) is 19.8 Å². The first-order valence-corrected chi connectivity index (χ1v) is 8.38. The van der Waals surface area contributed by atoms with E-state index in [9.17, 15) is 4.79 Å². The van der Waals surface area contributed by atoms with Crippen molar-refractivity contribution in [3.8, 4) is 0 Å². The lowest BCUT2D eigenvalue weighted by molar-refractivity contribution is -0.124. The number of carbonyl (C=O) groups is 1. The topological polar surface area (TPSA) is 82.2 Å². The van der Waals surface area contributed by atoms with E-state index in [1.54, 1.807) is 6.20 Å². The van der Waals surface area contributed by atoms with E-state index in [-0.39, 0.29) is 24.2 Å². The van der Waals surface area contributed by atoms with Crippen molar-refractivity contribution in [2.75, 3.05) is 13.2 Å². The van der Waals surface area contributed by atoms with Gasteiger partial charge in [0.2, 0.25) is 5.91 Å². The summed E-state index contributed by atoms with van der Waals surface area (Å²) in [5, 5.41) is 7.13. The number of halogens is 1. The second kappa shape index (κ2) is 9.56. The molecule has 1 amide bonds. The summed E-state index contributed by atoms with van der Waals surface area (Å²) >= 11 is 0. The summed E-state index contributed by atoms with van der Waals surface area (Å²) in [6.45, 7) is 2.64. The van der Waals surface area contributed by atoms with Crippen LogP contribution in [0.5, 0.6) is 0 Å². The van der Waals surface area contributed by atoms with Crippen LogP contribution in [0.15, 0.2) is 42.7 Å². The van der Waals surface area contributed by atoms with Gasteiger partial charge in [0.15, 0.2) is 0 Å². The van der Waals surface area contributed by atoms with Gasteiger partial charge >= 0.3 is 0 Å². The number of carbonyl (C=O) groups excluding carboxylic acids is 1. The van der Waals surface area contributed by atoms with Gasteiger partial charge in [-0.1, -0.05) is 24.3 Å². The molecule has 25 heavy (non-hydrogen) atoms. The van der Waals surface area contributed by atoms with Crippen LogP contribution < -0.4 is 11.1 Å². The van der Waals surface area contributed by atoms with Gasteiger partial charge in [0.25, 0.3) is 0 Å². The van der Waals surface area contributed by atoms with Crippen LogP contribution in [0.1, 0.15) is 24.0 Å². The highest BCUT2D eigenvalue weighted by Gasteiger charge is 2.26. The van der Waals surface area contributed by atoms with Crippen molar-refractivity contribution in [1.82, 2.24) is 15.1 Å². The van der Waals surface area contributed by atoms with Crippen molar-refractivity contribution in [2.24, 2.45) is 11.7 Å². The average molecular weight is 365 g/mol. The van der Waals surface area contributed by atoms with Crippen LogP contribution in [-0.4, -0.2) is 34.9 Å². The summed E-state index contributed by atoms with van der Waals surface area (Å²) in [5.74, 6) is 0.137. The molecule has 0 spiro atoms. The van der Waals surface area contributed by atoms with Crippen molar-refractivity contribution >= 4 is 18.3 Å². The van der Waals surface area contributed by atoms with Crippen LogP contribution in [0.25, 0.3) is 0 Å². The van der Waals surface area contributed by atoms with E-state index < -0.39 is 6.04 Å². The van der Waals surface area contributed by atoms with Crippen molar-refractivity contribution in [1.29, 1.82) is 0 Å². The largest absolute Gasteiger partial charge is 0.381 e. The summed E-state index contributed by atoms with van der Waals surface area (Å²) in [6.07, 6.45) is 5.42. The van der Waals surface area contributed by atoms with Crippen LogP contribution in [-0.2, 0) is 22.6 Å². The SMILES string of the molecule is Cl.NC(C(=O)NCc1ccc(Cn2cccn2)cc1)C1CCOCC1. The fraction of sp³-hybridized carbons (Fsp3) is 0.444. The number of rotatable bonds is 6. The van der Waals surface area contributed by atoms with Crippen LogP contribution in [0.2, 0.25) is 0 Å². The van der Waals surface area contributed by atoms with Crippen LogP contribution in [0, 0.1) is 5.92 Å². The maximum Gasteiger partial charge on any atom is 0.237 e. The molecule has 0 radical (unpaired) electrons. The smallest absolute Gasteiger partial charge is 0.237 e. The Labute approximate surface area is 154 Å². The highest BCUT2D eigenvalue weighted by atomic mass is 35.5. The molecular formula is C18H25ClN4O2. The van der Waals surface area contributed by atoms with E-state index in [4.69, 9.17) is 10.5 Å². The highest BCUT2D eigenvalue weighted by Crippen LogP contribution is 2.17. The molecule has 1 atom stereocenters. The van der Waals surface area contributed by atoms with Crippen molar-refractivity contribution < 1.29 is 9.53 Å². The summed E-state index contributed by atoms with van der Waals surface area (Å²) in [4.78, 5) is 12.2. The molecule has 1 aliphatic heterocycles. The number of amides is 1. The van der Waals surface area contributed by atoms with E-state index >= 15 is 0 Å². The third kappa shape index (κ3) is 5.56. The minimum absolute atomic E-state index is 0.